The molecule has 9 nitrogen and oxygen atoms in total. The summed E-state index contributed by atoms with van der Waals surface area (Å²) < 4.78 is 31.0. The minimum atomic E-state index is -0.919. The highest BCUT2D eigenvalue weighted by atomic mass is 35.5. The van der Waals surface area contributed by atoms with E-state index in [0.29, 0.717) is 49.2 Å². The van der Waals surface area contributed by atoms with Gasteiger partial charge in [0.05, 0.1) is 17.3 Å². The number of imidazole rings is 1. The molecule has 2 aliphatic rings. The average molecular weight is 520 g/mol. The number of nitrogens with one attached hydrogen (secondary N) is 2. The van der Waals surface area contributed by atoms with Crippen molar-refractivity contribution in [1.82, 2.24) is 19.5 Å². The summed E-state index contributed by atoms with van der Waals surface area (Å²) in [5, 5.41) is 15.9. The van der Waals surface area contributed by atoms with Crippen molar-refractivity contribution in [1.29, 1.82) is 0 Å². The van der Waals surface area contributed by atoms with Crippen LogP contribution in [0.15, 0.2) is 18.3 Å². The number of fused-ring (bicyclic) bond motifs is 1. The number of nitrogens with zero attached hydrogens (tertiary/aromatic N) is 4. The van der Waals surface area contributed by atoms with Gasteiger partial charge in [0, 0.05) is 18.0 Å². The fourth-order valence-corrected chi connectivity index (χ4v) is 5.40. The first-order valence-corrected chi connectivity index (χ1v) is 12.6. The molecule has 2 heterocycles. The highest BCUT2D eigenvalue weighted by Crippen LogP contribution is 2.38. The Bertz CT molecular complexity index is 1280. The van der Waals surface area contributed by atoms with Crippen molar-refractivity contribution in [3.05, 3.63) is 35.0 Å². The van der Waals surface area contributed by atoms with Gasteiger partial charge in [0.2, 0.25) is 17.8 Å². The van der Waals surface area contributed by atoms with Crippen LogP contribution < -0.4 is 16.4 Å². The first-order valence-electron chi connectivity index (χ1n) is 12.2. The number of aromatic nitrogens is 4. The summed E-state index contributed by atoms with van der Waals surface area (Å²) in [5.41, 5.74) is 6.04. The van der Waals surface area contributed by atoms with Crippen LogP contribution in [0.1, 0.15) is 57.4 Å². The zero-order valence-corrected chi connectivity index (χ0v) is 20.3. The Balaban J connectivity index is 1.52. The van der Waals surface area contributed by atoms with Crippen molar-refractivity contribution < 1.29 is 18.7 Å². The Morgan fingerprint density at radius 3 is 2.64 bits per heavy atom. The number of hydrogen-bond donors (Lipinski definition) is 4. The number of benzene rings is 1. The number of carbonyl (C=O) groups excluding carboxylic acids is 1. The second-order valence-corrected chi connectivity index (χ2v) is 10.0. The third kappa shape index (κ3) is 4.94. The fraction of sp³-hybridized carbons (Fsp3) is 0.500. The van der Waals surface area contributed by atoms with E-state index in [9.17, 15) is 18.7 Å². The lowest BCUT2D eigenvalue weighted by atomic mass is 9.85. The molecule has 5 N–H and O–H groups in total. The summed E-state index contributed by atoms with van der Waals surface area (Å²) in [6.45, 7) is 0. The lowest BCUT2D eigenvalue weighted by Gasteiger charge is -2.29. The maximum absolute atomic E-state index is 14.7. The Morgan fingerprint density at radius 2 is 1.92 bits per heavy atom. The van der Waals surface area contributed by atoms with Crippen LogP contribution in [0.2, 0.25) is 5.02 Å². The quantitative estimate of drug-likeness (QED) is 0.354. The number of hydrogen-bond acceptors (Lipinski definition) is 7. The normalized spacial score (nSPS) is 24.6. The van der Waals surface area contributed by atoms with Crippen LogP contribution in [0.4, 0.5) is 26.4 Å². The predicted molar refractivity (Wildman–Crippen MR) is 132 cm³/mol. The molecule has 36 heavy (non-hydrogen) atoms. The van der Waals surface area contributed by atoms with Gasteiger partial charge < -0.3 is 21.5 Å². The Labute approximate surface area is 211 Å². The van der Waals surface area contributed by atoms with Crippen LogP contribution in [0.25, 0.3) is 11.2 Å². The number of aliphatic hydroxyl groups is 1. The number of nitrogens with two attached hydrogens (primary N) is 1. The van der Waals surface area contributed by atoms with E-state index in [2.05, 4.69) is 20.6 Å². The lowest BCUT2D eigenvalue weighted by Crippen LogP contribution is -2.30. The summed E-state index contributed by atoms with van der Waals surface area (Å²) >= 11 is 5.89. The zero-order chi connectivity index (χ0) is 25.4. The summed E-state index contributed by atoms with van der Waals surface area (Å²) in [6, 6.07) is 2.15. The van der Waals surface area contributed by atoms with Crippen LogP contribution in [0, 0.1) is 17.6 Å². The Kier molecular flexibility index (Phi) is 6.94. The van der Waals surface area contributed by atoms with Crippen molar-refractivity contribution in [2.45, 2.75) is 69.6 Å². The fourth-order valence-electron chi connectivity index (χ4n) is 5.24. The van der Waals surface area contributed by atoms with Gasteiger partial charge in [0.25, 0.3) is 0 Å². The molecule has 2 atom stereocenters. The Hall–Kier alpha value is -3.05. The first kappa shape index (κ1) is 24.6. The molecule has 2 aromatic heterocycles. The van der Waals surface area contributed by atoms with Gasteiger partial charge in [-0.2, -0.15) is 4.98 Å². The summed E-state index contributed by atoms with van der Waals surface area (Å²) in [6.07, 6.45) is 6.83. The zero-order valence-electron chi connectivity index (χ0n) is 19.6. The van der Waals surface area contributed by atoms with Gasteiger partial charge in [0.1, 0.15) is 17.0 Å². The molecule has 0 radical (unpaired) electrons. The molecule has 1 unspecified atom stereocenters. The molecule has 3 aromatic rings. The molecule has 12 heteroatoms. The van der Waals surface area contributed by atoms with E-state index in [-0.39, 0.29) is 41.0 Å². The monoisotopic (exact) mass is 519 g/mol. The molecule has 1 amide bonds. The van der Waals surface area contributed by atoms with Crippen molar-refractivity contribution in [3.63, 3.8) is 0 Å². The number of carbonyl (C=O) groups is 1. The van der Waals surface area contributed by atoms with E-state index in [0.717, 1.165) is 31.4 Å². The molecule has 192 valence electrons. The SMILES string of the molecule is NC(=O)C1CCC(n2c(Nc3c(F)ccc(Cl)c3F)nc3cnc(NC4CCC[C@@H](O)C4)nc32)CC1. The third-order valence-corrected chi connectivity index (χ3v) is 7.45. The molecule has 2 aliphatic carbocycles. The molecule has 0 saturated heterocycles. The Morgan fingerprint density at radius 1 is 1.14 bits per heavy atom. The van der Waals surface area contributed by atoms with Crippen molar-refractivity contribution in [3.8, 4) is 0 Å². The van der Waals surface area contributed by atoms with Crippen LogP contribution in [0.3, 0.4) is 0 Å². The molecule has 0 bridgehead atoms. The van der Waals surface area contributed by atoms with Crippen LogP contribution >= 0.6 is 11.6 Å². The van der Waals surface area contributed by atoms with E-state index >= 15 is 0 Å². The third-order valence-electron chi connectivity index (χ3n) is 7.16. The number of halogens is 3. The molecular formula is C24H28ClF2N7O2. The van der Waals surface area contributed by atoms with Crippen LogP contribution in [0.5, 0.6) is 0 Å². The minimum Gasteiger partial charge on any atom is -0.393 e. The molecule has 5 rings (SSSR count). The van der Waals surface area contributed by atoms with Gasteiger partial charge in [-0.15, -0.1) is 0 Å². The summed E-state index contributed by atoms with van der Waals surface area (Å²) in [7, 11) is 0. The highest BCUT2D eigenvalue weighted by molar-refractivity contribution is 6.31. The van der Waals surface area contributed by atoms with Gasteiger partial charge in [-0.1, -0.05) is 11.6 Å². The highest BCUT2D eigenvalue weighted by Gasteiger charge is 2.30. The lowest BCUT2D eigenvalue weighted by molar-refractivity contribution is -0.122. The molecule has 2 fully saturated rings. The molecule has 0 aliphatic heterocycles. The number of amides is 1. The number of aliphatic hydroxyl groups excluding tert-OH is 1. The topological polar surface area (TPSA) is 131 Å². The van der Waals surface area contributed by atoms with E-state index in [4.69, 9.17) is 22.3 Å². The molecule has 0 spiro atoms. The second kappa shape index (κ2) is 10.1. The van der Waals surface area contributed by atoms with Gasteiger partial charge in [-0.25, -0.2) is 18.7 Å². The van der Waals surface area contributed by atoms with Gasteiger partial charge in [-0.3, -0.25) is 9.36 Å². The van der Waals surface area contributed by atoms with Gasteiger partial charge in [-0.05, 0) is 63.5 Å². The van der Waals surface area contributed by atoms with Crippen molar-refractivity contribution in [2.24, 2.45) is 11.7 Å². The van der Waals surface area contributed by atoms with E-state index < -0.39 is 17.3 Å². The van der Waals surface area contributed by atoms with E-state index in [1.165, 1.54) is 0 Å². The molecule has 1 aromatic carbocycles. The van der Waals surface area contributed by atoms with Gasteiger partial charge >= 0.3 is 0 Å². The maximum Gasteiger partial charge on any atom is 0.224 e. The second-order valence-electron chi connectivity index (χ2n) is 9.62. The van der Waals surface area contributed by atoms with Crippen LogP contribution in [-0.4, -0.2) is 42.7 Å². The van der Waals surface area contributed by atoms with E-state index in [1.54, 1.807) is 6.20 Å². The summed E-state index contributed by atoms with van der Waals surface area (Å²) in [5.74, 6) is -1.67. The number of primary amides is 1. The van der Waals surface area contributed by atoms with Crippen LogP contribution in [-0.2, 0) is 4.79 Å². The minimum absolute atomic E-state index is 0.0424. The molecule has 2 saturated carbocycles. The number of anilines is 3. The standard InChI is InChI=1S/C24H28ClF2N7O2/c25-16-8-9-17(26)20(19(16)27)32-24-31-18-11-29-23(30-13-2-1-3-15(35)10-13)33-22(18)34(24)14-6-4-12(5-7-14)21(28)36/h8-9,11-15,35H,1-7,10H2,(H2,28,36)(H,31,32)(H,29,30,33)/t12?,13?,14?,15-/m1/s1. The van der Waals surface area contributed by atoms with Crippen molar-refractivity contribution in [2.75, 3.05) is 10.6 Å². The largest absolute Gasteiger partial charge is 0.393 e. The predicted octanol–water partition coefficient (Wildman–Crippen LogP) is 4.43. The molecular weight excluding hydrogens is 492 g/mol. The summed E-state index contributed by atoms with van der Waals surface area (Å²) in [4.78, 5) is 25.3. The van der Waals surface area contributed by atoms with Crippen molar-refractivity contribution >= 4 is 46.3 Å². The maximum atomic E-state index is 14.7. The smallest absolute Gasteiger partial charge is 0.224 e. The first-order chi connectivity index (χ1) is 17.3. The van der Waals surface area contributed by atoms with E-state index in [1.807, 2.05) is 4.57 Å². The van der Waals surface area contributed by atoms with Gasteiger partial charge in [0.15, 0.2) is 11.5 Å². The number of rotatable bonds is 6. The average Bonchev–Trinajstić information content (AvgIpc) is 3.21.